The molecule has 4 nitrogen and oxygen atoms in total. The van der Waals surface area contributed by atoms with E-state index in [0.717, 1.165) is 32.5 Å². The second-order valence-electron chi connectivity index (χ2n) is 6.22. The SMILES string of the molecule is CC(CS(C)(=O)=O)NC1CCCN(Cc2ccccc2)C1. The second-order valence-corrected chi connectivity index (χ2v) is 8.40. The third-order valence-electron chi connectivity index (χ3n) is 3.83. The Morgan fingerprint density at radius 2 is 2.05 bits per heavy atom. The zero-order valence-corrected chi connectivity index (χ0v) is 13.8. The van der Waals surface area contributed by atoms with Crippen LogP contribution in [0.25, 0.3) is 0 Å². The van der Waals surface area contributed by atoms with Crippen LogP contribution in [0.4, 0.5) is 0 Å². The van der Waals surface area contributed by atoms with Crippen molar-refractivity contribution in [2.24, 2.45) is 0 Å². The molecule has 0 aromatic heterocycles. The molecule has 5 heteroatoms. The number of piperidine rings is 1. The minimum absolute atomic E-state index is 0.0154. The van der Waals surface area contributed by atoms with Crippen LogP contribution in [-0.4, -0.2) is 50.5 Å². The van der Waals surface area contributed by atoms with Crippen molar-refractivity contribution in [3.8, 4) is 0 Å². The fraction of sp³-hybridized carbons (Fsp3) is 0.625. The third kappa shape index (κ3) is 6.16. The van der Waals surface area contributed by atoms with E-state index in [1.54, 1.807) is 0 Å². The van der Waals surface area contributed by atoms with Crippen molar-refractivity contribution < 1.29 is 8.42 Å². The molecule has 0 saturated carbocycles. The zero-order valence-electron chi connectivity index (χ0n) is 13.0. The quantitative estimate of drug-likeness (QED) is 0.868. The Morgan fingerprint density at radius 1 is 1.33 bits per heavy atom. The van der Waals surface area contributed by atoms with Crippen LogP contribution in [0.5, 0.6) is 0 Å². The molecule has 2 rings (SSSR count). The molecule has 1 heterocycles. The Kier molecular flexibility index (Phi) is 5.79. The van der Waals surface area contributed by atoms with E-state index >= 15 is 0 Å². The van der Waals surface area contributed by atoms with E-state index < -0.39 is 9.84 Å². The molecule has 0 spiro atoms. The number of rotatable bonds is 6. The van der Waals surface area contributed by atoms with Crippen LogP contribution in [0, 0.1) is 0 Å². The first kappa shape index (κ1) is 16.5. The molecule has 1 N–H and O–H groups in total. The molecule has 1 aliphatic rings. The van der Waals surface area contributed by atoms with Gasteiger partial charge in [-0.3, -0.25) is 4.90 Å². The minimum atomic E-state index is -2.91. The largest absolute Gasteiger partial charge is 0.309 e. The molecule has 0 radical (unpaired) electrons. The molecule has 0 bridgehead atoms. The maximum Gasteiger partial charge on any atom is 0.148 e. The van der Waals surface area contributed by atoms with Gasteiger partial charge in [0.1, 0.15) is 9.84 Å². The van der Waals surface area contributed by atoms with E-state index in [1.807, 2.05) is 13.0 Å². The van der Waals surface area contributed by atoms with Crippen molar-refractivity contribution >= 4 is 9.84 Å². The average Bonchev–Trinajstić information content (AvgIpc) is 2.38. The van der Waals surface area contributed by atoms with E-state index in [0.29, 0.717) is 6.04 Å². The number of hydrogen-bond acceptors (Lipinski definition) is 4. The predicted molar refractivity (Wildman–Crippen MR) is 87.0 cm³/mol. The van der Waals surface area contributed by atoms with Crippen molar-refractivity contribution in [3.05, 3.63) is 35.9 Å². The number of likely N-dealkylation sites (tertiary alicyclic amines) is 1. The second kappa shape index (κ2) is 7.38. The summed E-state index contributed by atoms with van der Waals surface area (Å²) in [6.45, 7) is 5.03. The lowest BCUT2D eigenvalue weighted by molar-refractivity contribution is 0.179. The normalized spacial score (nSPS) is 22.1. The van der Waals surface area contributed by atoms with E-state index in [4.69, 9.17) is 0 Å². The van der Waals surface area contributed by atoms with Crippen molar-refractivity contribution in [2.75, 3.05) is 25.1 Å². The summed E-state index contributed by atoms with van der Waals surface area (Å²) in [5.74, 6) is 0.211. The highest BCUT2D eigenvalue weighted by atomic mass is 32.2. The van der Waals surface area contributed by atoms with E-state index in [9.17, 15) is 8.42 Å². The molecular formula is C16H26N2O2S. The van der Waals surface area contributed by atoms with Gasteiger partial charge in [0.25, 0.3) is 0 Å². The summed E-state index contributed by atoms with van der Waals surface area (Å²) in [4.78, 5) is 2.45. The molecule has 1 aromatic rings. The highest BCUT2D eigenvalue weighted by Crippen LogP contribution is 2.14. The first-order chi connectivity index (χ1) is 9.92. The number of sulfone groups is 1. The Labute approximate surface area is 128 Å². The average molecular weight is 310 g/mol. The summed E-state index contributed by atoms with van der Waals surface area (Å²) in [6, 6.07) is 10.9. The molecule has 0 aliphatic carbocycles. The van der Waals surface area contributed by atoms with Gasteiger partial charge in [0, 0.05) is 31.4 Å². The highest BCUT2D eigenvalue weighted by molar-refractivity contribution is 7.90. The molecule has 0 amide bonds. The van der Waals surface area contributed by atoms with Crippen LogP contribution in [0.15, 0.2) is 30.3 Å². The summed E-state index contributed by atoms with van der Waals surface area (Å²) < 4.78 is 22.7. The summed E-state index contributed by atoms with van der Waals surface area (Å²) in [5.41, 5.74) is 1.34. The van der Waals surface area contributed by atoms with Gasteiger partial charge >= 0.3 is 0 Å². The van der Waals surface area contributed by atoms with Crippen molar-refractivity contribution in [1.29, 1.82) is 0 Å². The van der Waals surface area contributed by atoms with Gasteiger partial charge in [0.05, 0.1) is 5.75 Å². The molecule has 1 aliphatic heterocycles. The van der Waals surface area contributed by atoms with Crippen LogP contribution in [0.2, 0.25) is 0 Å². The van der Waals surface area contributed by atoms with Gasteiger partial charge in [-0.1, -0.05) is 30.3 Å². The standard InChI is InChI=1S/C16H26N2O2S/c1-14(13-21(2,19)20)17-16-9-6-10-18(12-16)11-15-7-4-3-5-8-15/h3-5,7-8,14,16-17H,6,9-13H2,1-2H3. The zero-order chi connectivity index (χ0) is 15.3. The van der Waals surface area contributed by atoms with Gasteiger partial charge in [-0.25, -0.2) is 8.42 Å². The maximum atomic E-state index is 11.3. The van der Waals surface area contributed by atoms with E-state index in [2.05, 4.69) is 34.5 Å². The van der Waals surface area contributed by atoms with Crippen LogP contribution >= 0.6 is 0 Å². The lowest BCUT2D eigenvalue weighted by Crippen LogP contribution is -2.49. The monoisotopic (exact) mass is 310 g/mol. The number of nitrogens with zero attached hydrogens (tertiary/aromatic N) is 1. The van der Waals surface area contributed by atoms with Crippen molar-refractivity contribution in [2.45, 2.75) is 38.4 Å². The smallest absolute Gasteiger partial charge is 0.148 e. The Morgan fingerprint density at radius 3 is 2.71 bits per heavy atom. The summed E-state index contributed by atoms with van der Waals surface area (Å²) >= 11 is 0. The predicted octanol–water partition coefficient (Wildman–Crippen LogP) is 1.67. The third-order valence-corrected chi connectivity index (χ3v) is 4.93. The van der Waals surface area contributed by atoms with Crippen LogP contribution in [0.3, 0.4) is 0 Å². The fourth-order valence-electron chi connectivity index (χ4n) is 3.08. The first-order valence-corrected chi connectivity index (χ1v) is 9.68. The topological polar surface area (TPSA) is 49.4 Å². The number of benzene rings is 1. The maximum absolute atomic E-state index is 11.3. The van der Waals surface area contributed by atoms with E-state index in [-0.39, 0.29) is 11.8 Å². The van der Waals surface area contributed by atoms with Gasteiger partial charge in [0.2, 0.25) is 0 Å². The van der Waals surface area contributed by atoms with Crippen molar-refractivity contribution in [3.63, 3.8) is 0 Å². The molecule has 118 valence electrons. The number of hydrogen-bond donors (Lipinski definition) is 1. The number of nitrogens with one attached hydrogen (secondary N) is 1. The van der Waals surface area contributed by atoms with Gasteiger partial charge in [0.15, 0.2) is 0 Å². The van der Waals surface area contributed by atoms with E-state index in [1.165, 1.54) is 11.8 Å². The van der Waals surface area contributed by atoms with Gasteiger partial charge < -0.3 is 5.32 Å². The lowest BCUT2D eigenvalue weighted by Gasteiger charge is -2.34. The Hall–Kier alpha value is -0.910. The Bertz CT molecular complexity index is 530. The molecule has 2 atom stereocenters. The van der Waals surface area contributed by atoms with Gasteiger partial charge in [-0.15, -0.1) is 0 Å². The van der Waals surface area contributed by atoms with Crippen molar-refractivity contribution in [1.82, 2.24) is 10.2 Å². The minimum Gasteiger partial charge on any atom is -0.309 e. The molecular weight excluding hydrogens is 284 g/mol. The summed E-state index contributed by atoms with van der Waals surface area (Å²) in [7, 11) is -2.91. The summed E-state index contributed by atoms with van der Waals surface area (Å²) in [5, 5.41) is 3.47. The highest BCUT2D eigenvalue weighted by Gasteiger charge is 2.22. The first-order valence-electron chi connectivity index (χ1n) is 7.62. The van der Waals surface area contributed by atoms with Crippen LogP contribution in [0.1, 0.15) is 25.3 Å². The van der Waals surface area contributed by atoms with Crippen LogP contribution < -0.4 is 5.32 Å². The molecule has 1 saturated heterocycles. The lowest BCUT2D eigenvalue weighted by atomic mass is 10.0. The fourth-order valence-corrected chi connectivity index (χ4v) is 4.09. The van der Waals surface area contributed by atoms with Gasteiger partial charge in [-0.2, -0.15) is 0 Å². The van der Waals surface area contributed by atoms with Crippen LogP contribution in [-0.2, 0) is 16.4 Å². The summed E-state index contributed by atoms with van der Waals surface area (Å²) in [6.07, 6.45) is 3.59. The van der Waals surface area contributed by atoms with Gasteiger partial charge in [-0.05, 0) is 31.9 Å². The Balaban J connectivity index is 1.83. The molecule has 21 heavy (non-hydrogen) atoms. The molecule has 2 unspecified atom stereocenters. The molecule has 1 aromatic carbocycles. The molecule has 1 fully saturated rings.